The number of imide groups is 1. The van der Waals surface area contributed by atoms with Crippen molar-refractivity contribution in [3.8, 4) is 29.1 Å². The Morgan fingerprint density at radius 2 is 1.44 bits per heavy atom. The summed E-state index contributed by atoms with van der Waals surface area (Å²) in [5.41, 5.74) is 5.07. The number of cyclic esters (lactones) is 1. The van der Waals surface area contributed by atoms with Crippen LogP contribution in [0.5, 0.6) is 17.2 Å². The van der Waals surface area contributed by atoms with E-state index < -0.39 is 65.4 Å². The fourth-order valence-electron chi connectivity index (χ4n) is 12.2. The molecule has 5 heterocycles. The molecule has 77 heavy (non-hydrogen) atoms. The van der Waals surface area contributed by atoms with Crippen LogP contribution in [0, 0.1) is 17.8 Å². The van der Waals surface area contributed by atoms with E-state index in [1.54, 1.807) is 54.1 Å². The molecule has 1 spiro atoms. The Morgan fingerprint density at radius 3 is 2.16 bits per heavy atom. The summed E-state index contributed by atoms with van der Waals surface area (Å²) in [6.45, 7) is 2.37. The van der Waals surface area contributed by atoms with Crippen LogP contribution in [0.15, 0.2) is 170 Å². The summed E-state index contributed by atoms with van der Waals surface area (Å²) in [7, 11) is 3.13. The normalized spacial score (nSPS) is 21.8. The minimum absolute atomic E-state index is 0.0318. The van der Waals surface area contributed by atoms with E-state index >= 15 is 19.2 Å². The minimum atomic E-state index is -2.04. The third-order valence-electron chi connectivity index (χ3n) is 15.7. The third kappa shape index (κ3) is 8.20. The van der Waals surface area contributed by atoms with Crippen molar-refractivity contribution in [2.45, 2.75) is 62.1 Å². The van der Waals surface area contributed by atoms with Gasteiger partial charge in [0.2, 0.25) is 11.8 Å². The van der Waals surface area contributed by atoms with Crippen molar-refractivity contribution in [1.29, 1.82) is 0 Å². The first-order valence-corrected chi connectivity index (χ1v) is 25.6. The van der Waals surface area contributed by atoms with Crippen LogP contribution in [-0.2, 0) is 44.0 Å². The lowest BCUT2D eigenvalue weighted by Gasteiger charge is -2.46. The Hall–Kier alpha value is -9.26. The molecule has 0 bridgehead atoms. The zero-order valence-electron chi connectivity index (χ0n) is 42.4. The van der Waals surface area contributed by atoms with Crippen LogP contribution in [0.3, 0.4) is 0 Å². The number of anilines is 1. The number of nitrogens with zero attached hydrogens (tertiary/aromatic N) is 6. The van der Waals surface area contributed by atoms with Crippen LogP contribution >= 0.6 is 0 Å². The Bertz CT molecular complexity index is 3660. The van der Waals surface area contributed by atoms with Crippen molar-refractivity contribution in [3.63, 3.8) is 0 Å². The Morgan fingerprint density at radius 1 is 0.779 bits per heavy atom. The number of nitrogens with one attached hydrogen (secondary N) is 1. The van der Waals surface area contributed by atoms with Gasteiger partial charge in [-0.05, 0) is 107 Å². The van der Waals surface area contributed by atoms with E-state index in [1.165, 1.54) is 12.1 Å². The van der Waals surface area contributed by atoms with Gasteiger partial charge in [-0.1, -0.05) is 132 Å². The van der Waals surface area contributed by atoms with E-state index in [0.29, 0.717) is 40.2 Å². The largest absolute Gasteiger partial charge is 0.508 e. The van der Waals surface area contributed by atoms with Crippen LogP contribution in [0.1, 0.15) is 75.7 Å². The van der Waals surface area contributed by atoms with E-state index in [1.807, 2.05) is 139 Å². The average Bonchev–Trinajstić information content (AvgIpc) is 4.16. The number of carbonyl (C=O) groups excluding carboxylic acids is 4. The molecule has 8 aromatic rings. The maximum atomic E-state index is 17.0. The highest BCUT2D eigenvalue weighted by Crippen LogP contribution is 2.66. The lowest BCUT2D eigenvalue weighted by Crippen LogP contribution is -2.57. The third-order valence-corrected chi connectivity index (χ3v) is 15.7. The van der Waals surface area contributed by atoms with Crippen molar-refractivity contribution in [1.82, 2.24) is 30.1 Å². The van der Waals surface area contributed by atoms with E-state index in [0.717, 1.165) is 38.2 Å². The molecule has 0 radical (unpaired) electrons. The fraction of sp³-hybridized carbons (Fsp3) is 0.226. The van der Waals surface area contributed by atoms with Crippen molar-refractivity contribution >= 4 is 40.5 Å². The molecule has 4 amide bonds. The number of amides is 4. The number of phenols is 1. The van der Waals surface area contributed by atoms with E-state index in [-0.39, 0.29) is 31.1 Å². The zero-order valence-corrected chi connectivity index (χ0v) is 42.4. The molecule has 0 aliphatic carbocycles. The summed E-state index contributed by atoms with van der Waals surface area (Å²) in [6.07, 6.45) is -0.495. The summed E-state index contributed by atoms with van der Waals surface area (Å²) in [5.74, 6) is 4.15. The van der Waals surface area contributed by atoms with Gasteiger partial charge < -0.3 is 29.5 Å². The van der Waals surface area contributed by atoms with Gasteiger partial charge in [0.25, 0.3) is 0 Å². The van der Waals surface area contributed by atoms with Crippen LogP contribution in [0.2, 0.25) is 0 Å². The topological polar surface area (TPSA) is 169 Å². The molecule has 12 rings (SSSR count). The zero-order chi connectivity index (χ0) is 53.0. The van der Waals surface area contributed by atoms with Crippen molar-refractivity contribution < 1.29 is 38.5 Å². The number of carbonyl (C=O) groups is 4. The lowest BCUT2D eigenvalue weighted by molar-refractivity contribution is -0.179. The smallest absolute Gasteiger partial charge is 0.329 e. The second-order valence-electron chi connectivity index (χ2n) is 19.8. The molecule has 0 saturated carbocycles. The lowest BCUT2D eigenvalue weighted by atomic mass is 9.64. The number of fused-ring (bicyclic) bond motifs is 5. The Balaban J connectivity index is 1.11. The molecule has 2 saturated heterocycles. The van der Waals surface area contributed by atoms with Gasteiger partial charge in [-0.3, -0.25) is 19.3 Å². The maximum absolute atomic E-state index is 17.0. The molecule has 15 heteroatoms. The first-order valence-electron chi connectivity index (χ1n) is 25.6. The van der Waals surface area contributed by atoms with Gasteiger partial charge in [0.15, 0.2) is 11.5 Å². The van der Waals surface area contributed by atoms with Crippen LogP contribution in [-0.4, -0.2) is 80.5 Å². The van der Waals surface area contributed by atoms with Crippen molar-refractivity contribution in [2.24, 2.45) is 5.92 Å². The second kappa shape index (κ2) is 19.8. The number of esters is 1. The Kier molecular flexibility index (Phi) is 12.5. The number of urea groups is 1. The number of morpholine rings is 1. The number of phenolic OH excluding ortho intramolecular Hbond substituents is 1. The number of rotatable bonds is 9. The number of methoxy groups -OCH3 is 2. The van der Waals surface area contributed by atoms with Gasteiger partial charge in [0.1, 0.15) is 35.4 Å². The molecule has 2 N–H and O–H groups in total. The van der Waals surface area contributed by atoms with E-state index in [4.69, 9.17) is 14.2 Å². The summed E-state index contributed by atoms with van der Waals surface area (Å²) in [5, 5.41) is 22.7. The molecule has 15 nitrogen and oxygen atoms in total. The second-order valence-corrected chi connectivity index (χ2v) is 19.8. The van der Waals surface area contributed by atoms with Crippen molar-refractivity contribution in [3.05, 3.63) is 214 Å². The van der Waals surface area contributed by atoms with E-state index in [2.05, 4.69) is 27.5 Å². The van der Waals surface area contributed by atoms with Gasteiger partial charge in [-0.2, -0.15) is 0 Å². The number of ether oxygens (including phenoxy) is 3. The quantitative estimate of drug-likeness (QED) is 0.105. The van der Waals surface area contributed by atoms with Gasteiger partial charge in [-0.25, -0.2) is 14.4 Å². The molecule has 1 aromatic heterocycles. The molecule has 7 atom stereocenters. The molecule has 2 fully saturated rings. The van der Waals surface area contributed by atoms with E-state index in [9.17, 15) is 5.11 Å². The van der Waals surface area contributed by atoms with Gasteiger partial charge in [0.05, 0.1) is 49.5 Å². The molecule has 7 aromatic carbocycles. The highest BCUT2D eigenvalue weighted by atomic mass is 16.6. The van der Waals surface area contributed by atoms with Crippen LogP contribution < -0.4 is 19.7 Å². The molecule has 4 aliphatic heterocycles. The molecule has 384 valence electrons. The number of aromatic hydroxyl groups is 1. The SMILES string of the molecule is COc1cc2c(cc1OC)CN(C(=O)C1C3C(=O)OC(c4ccccc4)C(c4ccccc4)N3C(c3ccc(O)cc3)C13C(=O)N(C(=O)NC(C)c1ccccc1)c1ccc(C#CCn4nnc5ccccc54)cc13)CC2. The first kappa shape index (κ1) is 48.7. The van der Waals surface area contributed by atoms with Crippen molar-refractivity contribution in [2.75, 3.05) is 25.7 Å². The van der Waals surface area contributed by atoms with Gasteiger partial charge in [0, 0.05) is 18.7 Å². The monoisotopic (exact) mass is 1020 g/mol. The summed E-state index contributed by atoms with van der Waals surface area (Å²) < 4.78 is 19.8. The first-order chi connectivity index (χ1) is 37.6. The number of benzene rings is 7. The number of hydrogen-bond donors (Lipinski definition) is 2. The minimum Gasteiger partial charge on any atom is -0.508 e. The fourth-order valence-corrected chi connectivity index (χ4v) is 12.2. The molecule has 7 unspecified atom stereocenters. The van der Waals surface area contributed by atoms with Crippen LogP contribution in [0.25, 0.3) is 11.0 Å². The number of para-hydroxylation sites is 1. The summed E-state index contributed by atoms with van der Waals surface area (Å²) >= 11 is 0. The molecule has 4 aliphatic rings. The van der Waals surface area contributed by atoms with Gasteiger partial charge in [-0.15, -0.1) is 5.10 Å². The van der Waals surface area contributed by atoms with Crippen LogP contribution in [0.4, 0.5) is 10.5 Å². The number of hydrogen-bond acceptors (Lipinski definition) is 11. The van der Waals surface area contributed by atoms with Gasteiger partial charge >= 0.3 is 12.0 Å². The maximum Gasteiger partial charge on any atom is 0.329 e. The standard InChI is InChI=1S/C62H53N7O8/c1-38(40-17-7-4-8-18-40)63-61(74)68-49-30-25-39(16-15-32-67-50-24-14-13-23-48(50)64-65-67)34-47(49)62(60(68)73)53(58(71)66-33-31-44-35-51(75-2)52(76-3)36-45(44)37-66)55-59(72)77-56(42-21-11-6-12-22-42)54(41-19-9-5-10-20-41)69(55)57(62)43-26-28-46(70)29-27-43/h4-14,17-30,34-36,38,53-57,70H,31-33,37H2,1-3H3,(H,63,74). The average molecular weight is 1020 g/mol. The number of aromatic nitrogens is 3. The predicted octanol–water partition coefficient (Wildman–Crippen LogP) is 8.93. The summed E-state index contributed by atoms with van der Waals surface area (Å²) in [6, 6.07) is 47.0. The highest BCUT2D eigenvalue weighted by Gasteiger charge is 2.76. The highest BCUT2D eigenvalue weighted by molar-refractivity contribution is 6.24. The Labute approximate surface area is 444 Å². The summed E-state index contributed by atoms with van der Waals surface area (Å²) in [4.78, 5) is 69.6. The molecular formula is C62H53N7O8. The predicted molar refractivity (Wildman–Crippen MR) is 286 cm³/mol. The molecular weight excluding hydrogens is 971 g/mol.